The summed E-state index contributed by atoms with van der Waals surface area (Å²) < 4.78 is 40.9. The van der Waals surface area contributed by atoms with E-state index in [1.54, 1.807) is 16.8 Å². The Balaban J connectivity index is 1.51. The number of hydrogen-bond donors (Lipinski definition) is 2. The summed E-state index contributed by atoms with van der Waals surface area (Å²) in [7, 11) is 0. The van der Waals surface area contributed by atoms with E-state index in [4.69, 9.17) is 15.2 Å². The molecule has 2 aliphatic rings. The van der Waals surface area contributed by atoms with E-state index in [1.165, 1.54) is 0 Å². The van der Waals surface area contributed by atoms with Crippen LogP contribution in [0, 0.1) is 5.92 Å². The van der Waals surface area contributed by atoms with E-state index in [9.17, 15) is 18.0 Å². The first-order valence-corrected chi connectivity index (χ1v) is 11.8. The van der Waals surface area contributed by atoms with Gasteiger partial charge in [-0.25, -0.2) is 10.5 Å². The van der Waals surface area contributed by atoms with Gasteiger partial charge in [0.2, 0.25) is 17.7 Å². The van der Waals surface area contributed by atoms with Crippen LogP contribution in [0.5, 0.6) is 0 Å². The Labute approximate surface area is 196 Å². The van der Waals surface area contributed by atoms with Crippen LogP contribution in [0.15, 0.2) is 6.07 Å². The van der Waals surface area contributed by atoms with E-state index >= 15 is 0 Å². The van der Waals surface area contributed by atoms with Crippen LogP contribution in [0.25, 0.3) is 10.2 Å². The van der Waals surface area contributed by atoms with E-state index < -0.39 is 17.9 Å². The van der Waals surface area contributed by atoms with Gasteiger partial charge in [-0.05, 0) is 18.9 Å². The van der Waals surface area contributed by atoms with Crippen molar-refractivity contribution >= 4 is 39.2 Å². The summed E-state index contributed by atoms with van der Waals surface area (Å²) in [5, 5.41) is 17.0. The van der Waals surface area contributed by atoms with Crippen molar-refractivity contribution in [1.82, 2.24) is 30.2 Å². The molecule has 0 unspecified atom stereocenters. The van der Waals surface area contributed by atoms with Crippen LogP contribution in [-0.4, -0.2) is 55.5 Å². The number of fused-ring (bicyclic) bond motifs is 2. The van der Waals surface area contributed by atoms with Crippen molar-refractivity contribution in [1.29, 1.82) is 0 Å². The third-order valence-corrected chi connectivity index (χ3v) is 7.26. The maximum atomic E-state index is 13.2. The highest BCUT2D eigenvalue weighted by atomic mass is 32.1. The molecule has 1 saturated heterocycles. The molecular formula is C20H23F3N8O2S. The van der Waals surface area contributed by atoms with E-state index in [0.717, 1.165) is 32.5 Å². The standard InChI is InChI=1S/C20H23F3N8O2S/c1-2-3-12-8-13-15(29-6-7-31-14(10-29)26-27-18(31)20(21,22)23)24-19(25-17(13)34-12)30-5-4-11(9-30)16(32)28-33/h8,11,33H,2-7,9-10H2,1H3,(H,28,32)/t11-/m0/s1. The van der Waals surface area contributed by atoms with Gasteiger partial charge >= 0.3 is 6.18 Å². The molecule has 34 heavy (non-hydrogen) atoms. The van der Waals surface area contributed by atoms with Gasteiger partial charge in [0, 0.05) is 31.1 Å². The van der Waals surface area contributed by atoms with Gasteiger partial charge in [0.25, 0.3) is 0 Å². The van der Waals surface area contributed by atoms with Gasteiger partial charge in [-0.3, -0.25) is 10.0 Å². The molecule has 0 aliphatic carbocycles. The second-order valence-electron chi connectivity index (χ2n) is 8.45. The average Bonchev–Trinajstić information content (AvgIpc) is 3.54. The number of aromatic nitrogens is 5. The highest BCUT2D eigenvalue weighted by Gasteiger charge is 2.40. The number of aryl methyl sites for hydroxylation is 1. The van der Waals surface area contributed by atoms with Crippen LogP contribution in [0.4, 0.5) is 24.9 Å². The lowest BCUT2D eigenvalue weighted by molar-refractivity contribution is -0.147. The van der Waals surface area contributed by atoms with Crippen LogP contribution in [0.2, 0.25) is 0 Å². The molecule has 3 aromatic heterocycles. The molecule has 182 valence electrons. The molecule has 5 rings (SSSR count). The molecule has 2 aliphatic heterocycles. The number of alkyl halides is 3. The number of nitrogens with one attached hydrogen (secondary N) is 1. The number of carbonyl (C=O) groups is 1. The molecular weight excluding hydrogens is 473 g/mol. The Hall–Kier alpha value is -3.00. The Morgan fingerprint density at radius 1 is 1.24 bits per heavy atom. The molecule has 10 nitrogen and oxygen atoms in total. The molecule has 3 aromatic rings. The van der Waals surface area contributed by atoms with Crippen LogP contribution in [-0.2, 0) is 30.5 Å². The summed E-state index contributed by atoms with van der Waals surface area (Å²) in [4.78, 5) is 27.2. The lowest BCUT2D eigenvalue weighted by atomic mass is 10.1. The second-order valence-corrected chi connectivity index (χ2v) is 9.56. The van der Waals surface area contributed by atoms with Crippen molar-refractivity contribution < 1.29 is 23.2 Å². The number of halogens is 3. The smallest absolute Gasteiger partial charge is 0.347 e. The molecule has 0 bridgehead atoms. The predicted molar refractivity (Wildman–Crippen MR) is 118 cm³/mol. The second kappa shape index (κ2) is 8.65. The van der Waals surface area contributed by atoms with Crippen molar-refractivity contribution in [2.24, 2.45) is 5.92 Å². The van der Waals surface area contributed by atoms with E-state index in [1.807, 2.05) is 9.80 Å². The van der Waals surface area contributed by atoms with Crippen molar-refractivity contribution in [2.45, 2.75) is 45.5 Å². The highest BCUT2D eigenvalue weighted by Crippen LogP contribution is 2.36. The lowest BCUT2D eigenvalue weighted by Crippen LogP contribution is -2.36. The van der Waals surface area contributed by atoms with Gasteiger partial charge in [-0.15, -0.1) is 21.5 Å². The van der Waals surface area contributed by atoms with Gasteiger partial charge in [-0.1, -0.05) is 13.3 Å². The number of hydroxylamine groups is 1. The Morgan fingerprint density at radius 3 is 2.79 bits per heavy atom. The fraction of sp³-hybridized carbons (Fsp3) is 0.550. The Bertz CT molecular complexity index is 1230. The fourth-order valence-electron chi connectivity index (χ4n) is 4.49. The molecule has 5 heterocycles. The quantitative estimate of drug-likeness (QED) is 0.410. The SMILES string of the molecule is CCCc1cc2c(N3CCn4c(nnc4C(F)(F)F)C3)nc(N3CC[C@H](C(=O)NO)C3)nc2s1. The zero-order valence-corrected chi connectivity index (χ0v) is 19.2. The number of anilines is 2. The summed E-state index contributed by atoms with van der Waals surface area (Å²) in [6.45, 7) is 3.56. The molecule has 0 spiro atoms. The third kappa shape index (κ3) is 4.04. The highest BCUT2D eigenvalue weighted by molar-refractivity contribution is 7.18. The Morgan fingerprint density at radius 2 is 2.06 bits per heavy atom. The van der Waals surface area contributed by atoms with Crippen molar-refractivity contribution in [3.63, 3.8) is 0 Å². The van der Waals surface area contributed by atoms with Gasteiger partial charge in [0.1, 0.15) is 10.6 Å². The minimum Gasteiger partial charge on any atom is -0.347 e. The topological polar surface area (TPSA) is 112 Å². The summed E-state index contributed by atoms with van der Waals surface area (Å²) >= 11 is 1.57. The predicted octanol–water partition coefficient (Wildman–Crippen LogP) is 2.61. The zero-order chi connectivity index (χ0) is 24.0. The summed E-state index contributed by atoms with van der Waals surface area (Å²) in [5.41, 5.74) is 1.70. The van der Waals surface area contributed by atoms with Crippen molar-refractivity contribution in [3.05, 3.63) is 22.6 Å². The number of amides is 1. The largest absolute Gasteiger partial charge is 0.451 e. The van der Waals surface area contributed by atoms with Gasteiger partial charge < -0.3 is 14.4 Å². The zero-order valence-electron chi connectivity index (χ0n) is 18.3. The first kappa shape index (κ1) is 22.8. The normalized spacial score (nSPS) is 18.6. The number of rotatable bonds is 5. The van der Waals surface area contributed by atoms with Gasteiger partial charge in [0.15, 0.2) is 5.82 Å². The fourth-order valence-corrected chi connectivity index (χ4v) is 5.61. The first-order chi connectivity index (χ1) is 16.3. The minimum absolute atomic E-state index is 0.0897. The van der Waals surface area contributed by atoms with Crippen LogP contribution >= 0.6 is 11.3 Å². The monoisotopic (exact) mass is 496 g/mol. The van der Waals surface area contributed by atoms with E-state index in [-0.39, 0.29) is 24.8 Å². The Kier molecular flexibility index (Phi) is 5.80. The number of carbonyl (C=O) groups excluding carboxylic acids is 1. The van der Waals surface area contributed by atoms with Crippen molar-refractivity contribution in [3.8, 4) is 0 Å². The summed E-state index contributed by atoms with van der Waals surface area (Å²) in [6.07, 6.45) is -2.14. The molecule has 0 saturated carbocycles. The van der Waals surface area contributed by atoms with Crippen LogP contribution in [0.3, 0.4) is 0 Å². The summed E-state index contributed by atoms with van der Waals surface area (Å²) in [5.74, 6) is -0.472. The van der Waals surface area contributed by atoms with E-state index in [0.29, 0.717) is 37.8 Å². The molecule has 2 N–H and O–H groups in total. The molecule has 1 atom stereocenters. The van der Waals surface area contributed by atoms with E-state index in [2.05, 4.69) is 23.2 Å². The van der Waals surface area contributed by atoms with Crippen LogP contribution in [0.1, 0.15) is 36.3 Å². The minimum atomic E-state index is -4.56. The molecule has 0 radical (unpaired) electrons. The molecule has 1 fully saturated rings. The maximum Gasteiger partial charge on any atom is 0.451 e. The molecule has 14 heteroatoms. The molecule has 1 amide bonds. The third-order valence-electron chi connectivity index (χ3n) is 6.17. The maximum absolute atomic E-state index is 13.2. The number of nitrogens with zero attached hydrogens (tertiary/aromatic N) is 7. The lowest BCUT2D eigenvalue weighted by Gasteiger charge is -2.30. The van der Waals surface area contributed by atoms with Crippen molar-refractivity contribution in [2.75, 3.05) is 29.4 Å². The van der Waals surface area contributed by atoms with Gasteiger partial charge in [0.05, 0.1) is 17.8 Å². The van der Waals surface area contributed by atoms with Crippen LogP contribution < -0.4 is 15.3 Å². The molecule has 0 aromatic carbocycles. The average molecular weight is 497 g/mol. The number of hydrogen-bond acceptors (Lipinski definition) is 9. The van der Waals surface area contributed by atoms with Gasteiger partial charge in [-0.2, -0.15) is 18.2 Å². The number of thiophene rings is 1. The summed E-state index contributed by atoms with van der Waals surface area (Å²) in [6, 6.07) is 2.05. The first-order valence-electron chi connectivity index (χ1n) is 11.0.